The molecule has 1 aromatic carbocycles. The summed E-state index contributed by atoms with van der Waals surface area (Å²) in [5.74, 6) is 0.0708. The third kappa shape index (κ3) is 7.27. The lowest BCUT2D eigenvalue weighted by molar-refractivity contribution is -0.122. The van der Waals surface area contributed by atoms with Crippen molar-refractivity contribution < 1.29 is 19.1 Å². The van der Waals surface area contributed by atoms with E-state index in [9.17, 15) is 9.59 Å². The molecule has 2 saturated heterocycles. The molecular weight excluding hydrogens is 554 g/mol. The molecule has 9 heteroatoms. The second kappa shape index (κ2) is 12.8. The van der Waals surface area contributed by atoms with Crippen LogP contribution in [0.5, 0.6) is 0 Å². The van der Waals surface area contributed by atoms with E-state index in [1.54, 1.807) is 0 Å². The highest BCUT2D eigenvalue weighted by Gasteiger charge is 2.43. The van der Waals surface area contributed by atoms with Crippen LogP contribution in [0, 0.1) is 0 Å². The lowest BCUT2D eigenvalue weighted by Crippen LogP contribution is -2.65. The van der Waals surface area contributed by atoms with Crippen molar-refractivity contribution in [1.29, 1.82) is 0 Å². The van der Waals surface area contributed by atoms with Crippen molar-refractivity contribution in [3.05, 3.63) is 59.4 Å². The number of carbonyl (C=O) groups is 2. The van der Waals surface area contributed by atoms with E-state index >= 15 is 0 Å². The van der Waals surface area contributed by atoms with E-state index in [0.29, 0.717) is 32.8 Å². The van der Waals surface area contributed by atoms with E-state index < -0.39 is 5.60 Å². The topological polar surface area (TPSA) is 78.5 Å². The normalized spacial score (nSPS) is 26.0. The van der Waals surface area contributed by atoms with E-state index in [1.807, 2.05) is 61.9 Å². The summed E-state index contributed by atoms with van der Waals surface area (Å²) >= 11 is 0. The Labute approximate surface area is 263 Å². The molecule has 2 fully saturated rings. The Morgan fingerprint density at radius 3 is 2.34 bits per heavy atom. The van der Waals surface area contributed by atoms with Crippen LogP contribution in [0.2, 0.25) is 0 Å². The molecule has 0 N–H and O–H groups in total. The van der Waals surface area contributed by atoms with Crippen molar-refractivity contribution >= 4 is 17.7 Å². The number of hydrogen-bond acceptors (Lipinski definition) is 7. The number of aromatic nitrogens is 1. The monoisotopic (exact) mass is 605 g/mol. The van der Waals surface area contributed by atoms with Crippen molar-refractivity contribution in [1.82, 2.24) is 19.7 Å². The second-order valence-corrected chi connectivity index (χ2v) is 14.7. The molecule has 4 heterocycles. The number of benzene rings is 1. The summed E-state index contributed by atoms with van der Waals surface area (Å²) in [6.45, 7) is 20.5. The largest absolute Gasteiger partial charge is 0.444 e. The molecule has 3 aliphatic heterocycles. The minimum atomic E-state index is -0.573. The highest BCUT2D eigenvalue weighted by Crippen LogP contribution is 2.40. The quantitative estimate of drug-likeness (QED) is 0.472. The number of pyridine rings is 1. The molecule has 1 aromatic heterocycles. The molecule has 5 rings (SSSR count). The molecule has 0 unspecified atom stereocenters. The summed E-state index contributed by atoms with van der Waals surface area (Å²) in [5.41, 5.74) is 3.39. The van der Waals surface area contributed by atoms with Crippen LogP contribution in [-0.4, -0.2) is 107 Å². The van der Waals surface area contributed by atoms with Gasteiger partial charge in [0.25, 0.3) is 0 Å². The first-order valence-corrected chi connectivity index (χ1v) is 16.1. The van der Waals surface area contributed by atoms with Crippen molar-refractivity contribution in [3.8, 4) is 0 Å². The molecule has 2 amide bonds. The van der Waals surface area contributed by atoms with Crippen LogP contribution >= 0.6 is 0 Å². The zero-order valence-electron chi connectivity index (χ0n) is 27.9. The third-order valence-electron chi connectivity index (χ3n) is 9.15. The van der Waals surface area contributed by atoms with Gasteiger partial charge in [-0.3, -0.25) is 19.6 Å². The number of piperazine rings is 1. The number of rotatable bonds is 6. The fraction of sp³-hybridized carbons (Fsp3) is 0.629. The Morgan fingerprint density at radius 2 is 1.68 bits per heavy atom. The molecule has 3 aliphatic rings. The van der Waals surface area contributed by atoms with Crippen LogP contribution in [0.3, 0.4) is 0 Å². The minimum Gasteiger partial charge on any atom is -0.444 e. The molecule has 4 atom stereocenters. The van der Waals surface area contributed by atoms with Crippen molar-refractivity contribution in [3.63, 3.8) is 0 Å². The molecule has 44 heavy (non-hydrogen) atoms. The van der Waals surface area contributed by atoms with Crippen molar-refractivity contribution in [2.75, 3.05) is 50.8 Å². The van der Waals surface area contributed by atoms with Crippen LogP contribution in [0.15, 0.2) is 42.6 Å². The number of hydrogen-bond donors (Lipinski definition) is 0. The van der Waals surface area contributed by atoms with Crippen LogP contribution in [0.25, 0.3) is 0 Å². The molecule has 9 nitrogen and oxygen atoms in total. The maximum Gasteiger partial charge on any atom is 0.410 e. The van der Waals surface area contributed by atoms with Gasteiger partial charge in [-0.2, -0.15) is 0 Å². The van der Waals surface area contributed by atoms with E-state index in [2.05, 4.69) is 55.7 Å². The van der Waals surface area contributed by atoms with Crippen LogP contribution in [0.4, 0.5) is 10.5 Å². The summed E-state index contributed by atoms with van der Waals surface area (Å²) in [7, 11) is 0. The molecule has 0 spiro atoms. The third-order valence-corrected chi connectivity index (χ3v) is 9.15. The Kier molecular flexibility index (Phi) is 9.40. The Hall–Kier alpha value is -3.01. The number of amides is 2. The molecule has 240 valence electrons. The Morgan fingerprint density at radius 1 is 1.00 bits per heavy atom. The van der Waals surface area contributed by atoms with Crippen molar-refractivity contribution in [2.45, 2.75) is 97.0 Å². The lowest BCUT2D eigenvalue weighted by Gasteiger charge is -2.48. The zero-order chi connectivity index (χ0) is 31.8. The summed E-state index contributed by atoms with van der Waals surface area (Å²) < 4.78 is 11.6. The van der Waals surface area contributed by atoms with Gasteiger partial charge in [0, 0.05) is 62.0 Å². The summed E-state index contributed by atoms with van der Waals surface area (Å²) in [5, 5.41) is 0. The standard InChI is InChI=1S/C35H51N5O4/c1-24-17-37(29(18-38-25(2)21-43-22-26(38)3)19-39(24)33(42)44-34(4,5)6)20-31(41)40-23-35(7,8)32-30(40)15-28(16-36-32)14-27-12-10-9-11-13-27/h9-13,15-16,24-26,29H,14,17-23H2,1-8H3/t24-,25-,26-,29+/m1/s1. The zero-order valence-corrected chi connectivity index (χ0v) is 27.9. The number of carbonyl (C=O) groups excluding carboxylic acids is 2. The van der Waals surface area contributed by atoms with E-state index in [1.165, 1.54) is 5.56 Å². The summed E-state index contributed by atoms with van der Waals surface area (Å²) in [6, 6.07) is 12.9. The Balaban J connectivity index is 1.38. The number of morpholine rings is 1. The van der Waals surface area contributed by atoms with Gasteiger partial charge < -0.3 is 19.3 Å². The number of nitrogens with zero attached hydrogens (tertiary/aromatic N) is 5. The predicted octanol–water partition coefficient (Wildman–Crippen LogP) is 4.72. The van der Waals surface area contributed by atoms with Crippen LogP contribution in [-0.2, 0) is 26.1 Å². The van der Waals surface area contributed by atoms with E-state index in [0.717, 1.165) is 29.9 Å². The van der Waals surface area contributed by atoms with Gasteiger partial charge in [-0.25, -0.2) is 4.79 Å². The lowest BCUT2D eigenvalue weighted by atomic mass is 9.91. The Bertz CT molecular complexity index is 1320. The van der Waals surface area contributed by atoms with Gasteiger partial charge in [-0.15, -0.1) is 0 Å². The summed E-state index contributed by atoms with van der Waals surface area (Å²) in [4.78, 5) is 40.9. The fourth-order valence-corrected chi connectivity index (χ4v) is 6.88. The molecule has 2 aromatic rings. The molecule has 0 bridgehead atoms. The van der Waals surface area contributed by atoms with Gasteiger partial charge in [-0.05, 0) is 65.2 Å². The first-order chi connectivity index (χ1) is 20.7. The number of ether oxygens (including phenoxy) is 2. The molecule has 0 radical (unpaired) electrons. The molecular formula is C35H51N5O4. The van der Waals surface area contributed by atoms with E-state index in [4.69, 9.17) is 14.5 Å². The second-order valence-electron chi connectivity index (χ2n) is 14.7. The van der Waals surface area contributed by atoms with Gasteiger partial charge in [0.2, 0.25) is 5.91 Å². The SMILES string of the molecule is C[C@@H]1CN(CC(=O)N2CC(C)(C)c3ncc(Cc4ccccc4)cc32)[C@@H](CN2[C@H](C)COC[C@H]2C)CN1C(=O)OC(C)(C)C. The predicted molar refractivity (Wildman–Crippen MR) is 173 cm³/mol. The first-order valence-electron chi connectivity index (χ1n) is 16.1. The van der Waals surface area contributed by atoms with Gasteiger partial charge in [-0.1, -0.05) is 44.2 Å². The summed E-state index contributed by atoms with van der Waals surface area (Å²) in [6.07, 6.45) is 2.43. The van der Waals surface area contributed by atoms with Crippen LogP contribution < -0.4 is 4.90 Å². The molecule has 0 aliphatic carbocycles. The average Bonchev–Trinajstić information content (AvgIpc) is 3.21. The average molecular weight is 606 g/mol. The highest BCUT2D eigenvalue weighted by atomic mass is 16.6. The molecule has 0 saturated carbocycles. The van der Waals surface area contributed by atoms with Gasteiger partial charge >= 0.3 is 6.09 Å². The fourth-order valence-electron chi connectivity index (χ4n) is 6.88. The highest BCUT2D eigenvalue weighted by molar-refractivity contribution is 5.97. The van der Waals surface area contributed by atoms with Crippen LogP contribution in [0.1, 0.15) is 72.2 Å². The smallest absolute Gasteiger partial charge is 0.410 e. The number of anilines is 1. The maximum atomic E-state index is 14.2. The van der Waals surface area contributed by atoms with E-state index in [-0.39, 0.29) is 48.1 Å². The first kappa shape index (κ1) is 32.4. The van der Waals surface area contributed by atoms with Gasteiger partial charge in [0.15, 0.2) is 0 Å². The minimum absolute atomic E-state index is 0.0247. The van der Waals surface area contributed by atoms with Gasteiger partial charge in [0.05, 0.1) is 31.1 Å². The maximum absolute atomic E-state index is 14.2. The number of fused-ring (bicyclic) bond motifs is 1. The van der Waals surface area contributed by atoms with Gasteiger partial charge in [0.1, 0.15) is 5.60 Å². The van der Waals surface area contributed by atoms with Crippen molar-refractivity contribution in [2.24, 2.45) is 0 Å².